The highest BCUT2D eigenvalue weighted by atomic mass is 19.4. The predicted octanol–water partition coefficient (Wildman–Crippen LogP) is 2.44. The van der Waals surface area contributed by atoms with Crippen LogP contribution >= 0.6 is 0 Å². The molecule has 0 aliphatic heterocycles. The standard InChI is InChI=1S/C10H10O4.C4F6O3/c1-13-9(11)7-5-3-4-6-8(7)10(12)14-2;5-3(6,7)1(11)13-2(12)4(8,9)10/h3-6H,1-2H3;. The molecule has 150 valence electrons. The third-order valence-corrected chi connectivity index (χ3v) is 2.39. The highest BCUT2D eigenvalue weighted by molar-refractivity contribution is 6.03. The van der Waals surface area contributed by atoms with Gasteiger partial charge in [0.1, 0.15) is 0 Å². The quantitative estimate of drug-likeness (QED) is 0.323. The van der Waals surface area contributed by atoms with E-state index in [0.717, 1.165) is 0 Å². The van der Waals surface area contributed by atoms with Gasteiger partial charge in [0.05, 0.1) is 25.3 Å². The van der Waals surface area contributed by atoms with Crippen molar-refractivity contribution in [2.45, 2.75) is 12.4 Å². The van der Waals surface area contributed by atoms with Gasteiger partial charge < -0.3 is 14.2 Å². The molecular weight excluding hydrogens is 394 g/mol. The number of rotatable bonds is 2. The van der Waals surface area contributed by atoms with Gasteiger partial charge in [0.15, 0.2) is 0 Å². The number of methoxy groups -OCH3 is 2. The van der Waals surface area contributed by atoms with Crippen LogP contribution in [0.4, 0.5) is 26.3 Å². The summed E-state index contributed by atoms with van der Waals surface area (Å²) in [4.78, 5) is 41.8. The van der Waals surface area contributed by atoms with Crippen LogP contribution in [0, 0.1) is 0 Å². The van der Waals surface area contributed by atoms with Crippen LogP contribution in [-0.2, 0) is 23.8 Å². The fraction of sp³-hybridized carbons (Fsp3) is 0.286. The van der Waals surface area contributed by atoms with Crippen molar-refractivity contribution in [1.82, 2.24) is 0 Å². The van der Waals surface area contributed by atoms with Crippen molar-refractivity contribution in [2.75, 3.05) is 14.2 Å². The number of esters is 4. The molecule has 0 aliphatic rings. The molecule has 0 heterocycles. The Bertz CT molecular complexity index is 650. The number of hydrogen-bond acceptors (Lipinski definition) is 7. The number of carbonyl (C=O) groups is 4. The lowest BCUT2D eigenvalue weighted by Gasteiger charge is -2.06. The van der Waals surface area contributed by atoms with Crippen LogP contribution in [0.3, 0.4) is 0 Å². The second-order valence-electron chi connectivity index (χ2n) is 4.20. The molecule has 0 bridgehead atoms. The summed E-state index contributed by atoms with van der Waals surface area (Å²) < 4.78 is 78.7. The van der Waals surface area contributed by atoms with Crippen LogP contribution in [0.25, 0.3) is 0 Å². The SMILES string of the molecule is COC(=O)c1ccccc1C(=O)OC.O=C(OC(=O)C(F)(F)F)C(F)(F)F. The van der Waals surface area contributed by atoms with E-state index in [1.165, 1.54) is 26.4 Å². The van der Waals surface area contributed by atoms with E-state index in [0.29, 0.717) is 0 Å². The van der Waals surface area contributed by atoms with Gasteiger partial charge in [-0.05, 0) is 12.1 Å². The summed E-state index contributed by atoms with van der Waals surface area (Å²) in [7, 11) is 2.52. The molecule has 1 aromatic carbocycles. The Hall–Kier alpha value is -3.12. The van der Waals surface area contributed by atoms with E-state index in [4.69, 9.17) is 0 Å². The molecule has 7 nitrogen and oxygen atoms in total. The molecule has 0 aliphatic carbocycles. The van der Waals surface area contributed by atoms with Crippen molar-refractivity contribution in [3.8, 4) is 0 Å². The fourth-order valence-electron chi connectivity index (χ4n) is 1.26. The summed E-state index contributed by atoms with van der Waals surface area (Å²) >= 11 is 0. The maximum absolute atomic E-state index is 11.2. The molecule has 0 radical (unpaired) electrons. The van der Waals surface area contributed by atoms with Crippen LogP contribution in [0.1, 0.15) is 20.7 Å². The van der Waals surface area contributed by atoms with E-state index < -0.39 is 36.2 Å². The molecule has 27 heavy (non-hydrogen) atoms. The first kappa shape index (κ1) is 23.9. The fourth-order valence-corrected chi connectivity index (χ4v) is 1.26. The zero-order valence-electron chi connectivity index (χ0n) is 13.4. The monoisotopic (exact) mass is 404 g/mol. The molecule has 13 heteroatoms. The lowest BCUT2D eigenvalue weighted by molar-refractivity contribution is -0.221. The first-order valence-corrected chi connectivity index (χ1v) is 6.41. The Morgan fingerprint density at radius 3 is 1.22 bits per heavy atom. The van der Waals surface area contributed by atoms with Crippen molar-refractivity contribution < 1.29 is 59.7 Å². The summed E-state index contributed by atoms with van der Waals surface area (Å²) in [5.41, 5.74) is 0.420. The molecule has 0 aromatic heterocycles. The van der Waals surface area contributed by atoms with Gasteiger partial charge in [0, 0.05) is 0 Å². The zero-order chi connectivity index (χ0) is 21.4. The number of hydrogen-bond donors (Lipinski definition) is 0. The molecule has 0 spiro atoms. The maximum atomic E-state index is 11.2. The van der Waals surface area contributed by atoms with E-state index in [-0.39, 0.29) is 11.1 Å². The molecule has 0 saturated carbocycles. The van der Waals surface area contributed by atoms with Crippen LogP contribution < -0.4 is 0 Å². The number of benzene rings is 1. The second kappa shape index (κ2) is 9.54. The van der Waals surface area contributed by atoms with Crippen molar-refractivity contribution in [2.24, 2.45) is 0 Å². The molecule has 0 unspecified atom stereocenters. The smallest absolute Gasteiger partial charge is 0.465 e. The minimum atomic E-state index is -5.62. The largest absolute Gasteiger partial charge is 0.491 e. The van der Waals surface area contributed by atoms with Gasteiger partial charge in [-0.15, -0.1) is 0 Å². The van der Waals surface area contributed by atoms with Gasteiger partial charge in [-0.3, -0.25) is 0 Å². The summed E-state index contributed by atoms with van der Waals surface area (Å²) in [6.07, 6.45) is -11.2. The highest BCUT2D eigenvalue weighted by Crippen LogP contribution is 2.21. The first-order valence-electron chi connectivity index (χ1n) is 6.41. The molecule has 0 amide bonds. The Morgan fingerprint density at radius 2 is 1.00 bits per heavy atom. The third kappa shape index (κ3) is 7.75. The Labute approximate surface area is 146 Å². The molecule has 0 atom stereocenters. The van der Waals surface area contributed by atoms with E-state index in [1.807, 2.05) is 0 Å². The van der Waals surface area contributed by atoms with E-state index in [2.05, 4.69) is 14.2 Å². The van der Waals surface area contributed by atoms with Crippen LogP contribution in [0.2, 0.25) is 0 Å². The van der Waals surface area contributed by atoms with Crippen molar-refractivity contribution in [1.29, 1.82) is 0 Å². The topological polar surface area (TPSA) is 96.0 Å². The third-order valence-electron chi connectivity index (χ3n) is 2.39. The lowest BCUT2D eigenvalue weighted by atomic mass is 10.1. The highest BCUT2D eigenvalue weighted by Gasteiger charge is 2.49. The minimum absolute atomic E-state index is 0.210. The number of alkyl halides is 6. The molecule has 0 N–H and O–H groups in total. The van der Waals surface area contributed by atoms with Crippen molar-refractivity contribution >= 4 is 23.9 Å². The van der Waals surface area contributed by atoms with Gasteiger partial charge in [-0.25, -0.2) is 19.2 Å². The minimum Gasteiger partial charge on any atom is -0.465 e. The van der Waals surface area contributed by atoms with Gasteiger partial charge in [0.25, 0.3) is 0 Å². The lowest BCUT2D eigenvalue weighted by Crippen LogP contribution is -2.34. The first-order chi connectivity index (χ1) is 12.3. The molecule has 0 fully saturated rings. The molecular formula is C14H10F6O7. The average Bonchev–Trinajstić information content (AvgIpc) is 2.59. The zero-order valence-corrected chi connectivity index (χ0v) is 13.4. The Morgan fingerprint density at radius 1 is 0.704 bits per heavy atom. The van der Waals surface area contributed by atoms with Gasteiger partial charge in [-0.1, -0.05) is 12.1 Å². The van der Waals surface area contributed by atoms with Gasteiger partial charge in [-0.2, -0.15) is 26.3 Å². The van der Waals surface area contributed by atoms with Gasteiger partial charge in [0.2, 0.25) is 0 Å². The van der Waals surface area contributed by atoms with Gasteiger partial charge >= 0.3 is 36.2 Å². The van der Waals surface area contributed by atoms with Crippen molar-refractivity contribution in [3.05, 3.63) is 35.4 Å². The molecule has 1 rings (SSSR count). The van der Waals surface area contributed by atoms with Crippen molar-refractivity contribution in [3.63, 3.8) is 0 Å². The normalized spacial score (nSPS) is 10.8. The number of ether oxygens (including phenoxy) is 3. The van der Waals surface area contributed by atoms with E-state index in [1.54, 1.807) is 12.1 Å². The molecule has 1 aromatic rings. The van der Waals surface area contributed by atoms with Crippen LogP contribution in [-0.4, -0.2) is 50.4 Å². The van der Waals surface area contributed by atoms with Crippen LogP contribution in [0.15, 0.2) is 24.3 Å². The second-order valence-corrected chi connectivity index (χ2v) is 4.20. The summed E-state index contributed by atoms with van der Waals surface area (Å²) in [6.45, 7) is 0. The Kier molecular flexibility index (Phi) is 8.44. The van der Waals surface area contributed by atoms with Crippen LogP contribution in [0.5, 0.6) is 0 Å². The number of carbonyl (C=O) groups excluding carboxylic acids is 4. The summed E-state index contributed by atoms with van der Waals surface area (Å²) in [6, 6.07) is 6.33. The number of halogens is 6. The average molecular weight is 404 g/mol. The van der Waals surface area contributed by atoms with E-state index >= 15 is 0 Å². The summed E-state index contributed by atoms with van der Waals surface area (Å²) in [5.74, 6) is -7.50. The maximum Gasteiger partial charge on any atom is 0.491 e. The molecule has 0 saturated heterocycles. The Balaban J connectivity index is 0.000000503. The summed E-state index contributed by atoms with van der Waals surface area (Å²) in [5, 5.41) is 0. The predicted molar refractivity (Wildman–Crippen MR) is 72.3 cm³/mol. The van der Waals surface area contributed by atoms with E-state index in [9.17, 15) is 45.5 Å².